The summed E-state index contributed by atoms with van der Waals surface area (Å²) in [7, 11) is 0. The lowest BCUT2D eigenvalue weighted by molar-refractivity contribution is 0.0261. The quantitative estimate of drug-likeness (QED) is 0.511. The van der Waals surface area contributed by atoms with E-state index < -0.39 is 0 Å². The highest BCUT2D eigenvalue weighted by molar-refractivity contribution is 4.45. The van der Waals surface area contributed by atoms with Crippen LogP contribution in [0.25, 0.3) is 0 Å². The number of hydrogen-bond acceptors (Lipinski definition) is 4. The molecular weight excluding hydrogens is 160 g/mol. The highest BCUT2D eigenvalue weighted by Gasteiger charge is 1.89. The largest absolute Gasteiger partial charge is 0.394 e. The fraction of sp³-hybridized carbons (Fsp3) is 0.875. The maximum atomic E-state index is 8.35. The molecule has 0 aromatic carbocycles. The molecule has 1 radical (unpaired) electrons. The molecule has 0 aliphatic rings. The zero-order chi connectivity index (χ0) is 9.07. The second kappa shape index (κ2) is 10.8. The molecule has 0 bridgehead atoms. The Morgan fingerprint density at radius 3 is 2.58 bits per heavy atom. The molecule has 0 unspecified atom stereocenters. The molecular formula is C8H17O4. The van der Waals surface area contributed by atoms with E-state index in [1.165, 1.54) is 0 Å². The number of ether oxygens (including phenoxy) is 3. The summed E-state index contributed by atoms with van der Waals surface area (Å²) in [5.41, 5.74) is 0. The zero-order valence-corrected chi connectivity index (χ0v) is 7.49. The molecule has 73 valence electrons. The van der Waals surface area contributed by atoms with Gasteiger partial charge < -0.3 is 19.3 Å². The van der Waals surface area contributed by atoms with Crippen LogP contribution in [-0.2, 0) is 14.2 Å². The molecule has 0 aromatic rings. The van der Waals surface area contributed by atoms with E-state index in [0.29, 0.717) is 33.0 Å². The summed E-state index contributed by atoms with van der Waals surface area (Å²) >= 11 is 0. The van der Waals surface area contributed by atoms with Crippen molar-refractivity contribution >= 4 is 0 Å². The van der Waals surface area contributed by atoms with Gasteiger partial charge in [-0.1, -0.05) is 0 Å². The average Bonchev–Trinajstić information content (AvgIpc) is 2.10. The molecule has 0 aromatic heterocycles. The molecule has 1 N–H and O–H groups in total. The molecule has 0 rings (SSSR count). The minimum absolute atomic E-state index is 0.0606. The molecule has 0 aliphatic carbocycles. The van der Waals surface area contributed by atoms with Crippen LogP contribution >= 0.6 is 0 Å². The van der Waals surface area contributed by atoms with Gasteiger partial charge in [0, 0.05) is 6.61 Å². The van der Waals surface area contributed by atoms with Gasteiger partial charge >= 0.3 is 0 Å². The van der Waals surface area contributed by atoms with Crippen molar-refractivity contribution < 1.29 is 19.3 Å². The summed E-state index contributed by atoms with van der Waals surface area (Å²) in [4.78, 5) is 0. The van der Waals surface area contributed by atoms with Crippen molar-refractivity contribution in [2.45, 2.75) is 6.92 Å². The van der Waals surface area contributed by atoms with E-state index in [1.54, 1.807) is 6.61 Å². The lowest BCUT2D eigenvalue weighted by Gasteiger charge is -2.03. The third kappa shape index (κ3) is 9.84. The first-order chi connectivity index (χ1) is 5.91. The van der Waals surface area contributed by atoms with Gasteiger partial charge in [0.25, 0.3) is 0 Å². The van der Waals surface area contributed by atoms with Gasteiger partial charge in [0.15, 0.2) is 0 Å². The SMILES string of the molecule is CCO[CH]COCCOCCO. The van der Waals surface area contributed by atoms with E-state index in [-0.39, 0.29) is 6.61 Å². The van der Waals surface area contributed by atoms with Crippen molar-refractivity contribution in [3.05, 3.63) is 6.61 Å². The fourth-order valence-electron chi connectivity index (χ4n) is 0.582. The second-order valence-corrected chi connectivity index (χ2v) is 2.03. The van der Waals surface area contributed by atoms with Gasteiger partial charge in [-0.2, -0.15) is 0 Å². The molecule has 4 nitrogen and oxygen atoms in total. The molecule has 0 amide bonds. The summed E-state index contributed by atoms with van der Waals surface area (Å²) in [6, 6.07) is 0. The van der Waals surface area contributed by atoms with Crippen LogP contribution in [0.1, 0.15) is 6.92 Å². The van der Waals surface area contributed by atoms with Gasteiger partial charge in [-0.25, -0.2) is 0 Å². The number of aliphatic hydroxyl groups is 1. The van der Waals surface area contributed by atoms with Crippen LogP contribution in [0, 0.1) is 6.61 Å². The Bertz CT molecular complexity index is 67.5. The number of hydrogen-bond donors (Lipinski definition) is 1. The first-order valence-corrected chi connectivity index (χ1v) is 4.11. The molecule has 0 saturated carbocycles. The lowest BCUT2D eigenvalue weighted by atomic mass is 10.7. The van der Waals surface area contributed by atoms with E-state index in [1.807, 2.05) is 6.92 Å². The Hall–Kier alpha value is -0.160. The summed E-state index contributed by atoms with van der Waals surface area (Å²) in [5.74, 6) is 0. The highest BCUT2D eigenvalue weighted by Crippen LogP contribution is 1.84. The third-order valence-electron chi connectivity index (χ3n) is 1.08. The Balaban J connectivity index is 2.73. The van der Waals surface area contributed by atoms with Crippen molar-refractivity contribution in [3.8, 4) is 0 Å². The van der Waals surface area contributed by atoms with Crippen molar-refractivity contribution in [1.29, 1.82) is 0 Å². The average molecular weight is 177 g/mol. The molecule has 0 aliphatic heterocycles. The highest BCUT2D eigenvalue weighted by atomic mass is 16.5. The van der Waals surface area contributed by atoms with E-state index in [0.717, 1.165) is 0 Å². The van der Waals surface area contributed by atoms with Gasteiger partial charge in [0.2, 0.25) is 0 Å². The van der Waals surface area contributed by atoms with Crippen LogP contribution in [0.15, 0.2) is 0 Å². The standard InChI is InChI=1S/C8H17O4/c1-2-10-5-6-12-8-7-11-4-3-9/h5,9H,2-4,6-8H2,1H3. The van der Waals surface area contributed by atoms with E-state index >= 15 is 0 Å². The van der Waals surface area contributed by atoms with Crippen molar-refractivity contribution in [2.24, 2.45) is 0 Å². The summed E-state index contributed by atoms with van der Waals surface area (Å²) in [5, 5.41) is 8.35. The molecule has 0 saturated heterocycles. The van der Waals surface area contributed by atoms with Crippen LogP contribution in [-0.4, -0.2) is 44.7 Å². The monoisotopic (exact) mass is 177 g/mol. The molecule has 4 heteroatoms. The maximum absolute atomic E-state index is 8.35. The molecule has 0 spiro atoms. The van der Waals surface area contributed by atoms with Gasteiger partial charge in [-0.05, 0) is 6.92 Å². The molecule has 0 fully saturated rings. The van der Waals surface area contributed by atoms with Gasteiger partial charge in [-0.15, -0.1) is 0 Å². The Morgan fingerprint density at radius 1 is 1.17 bits per heavy atom. The minimum Gasteiger partial charge on any atom is -0.394 e. The van der Waals surface area contributed by atoms with E-state index in [9.17, 15) is 0 Å². The van der Waals surface area contributed by atoms with Crippen LogP contribution in [0.3, 0.4) is 0 Å². The van der Waals surface area contributed by atoms with Crippen molar-refractivity contribution in [2.75, 3.05) is 39.6 Å². The van der Waals surface area contributed by atoms with Crippen LogP contribution in [0.4, 0.5) is 0 Å². The summed E-state index contributed by atoms with van der Waals surface area (Å²) in [6.45, 7) is 6.17. The van der Waals surface area contributed by atoms with Crippen LogP contribution < -0.4 is 0 Å². The smallest absolute Gasteiger partial charge is 0.109 e. The second-order valence-electron chi connectivity index (χ2n) is 2.03. The normalized spacial score (nSPS) is 10.5. The predicted molar refractivity (Wildman–Crippen MR) is 44.6 cm³/mol. The van der Waals surface area contributed by atoms with Crippen LogP contribution in [0.2, 0.25) is 0 Å². The van der Waals surface area contributed by atoms with E-state index in [4.69, 9.17) is 19.3 Å². The first-order valence-electron chi connectivity index (χ1n) is 4.11. The van der Waals surface area contributed by atoms with Gasteiger partial charge in [0.1, 0.15) is 6.61 Å². The Kier molecular flexibility index (Phi) is 10.7. The van der Waals surface area contributed by atoms with Crippen molar-refractivity contribution in [3.63, 3.8) is 0 Å². The van der Waals surface area contributed by atoms with Gasteiger partial charge in [-0.3, -0.25) is 0 Å². The van der Waals surface area contributed by atoms with E-state index in [2.05, 4.69) is 0 Å². The summed E-state index contributed by atoms with van der Waals surface area (Å²) in [6.07, 6.45) is 0. The Labute approximate surface area is 73.4 Å². The molecule has 0 atom stereocenters. The predicted octanol–water partition coefficient (Wildman–Crippen LogP) is 0.210. The number of aliphatic hydroxyl groups excluding tert-OH is 1. The third-order valence-corrected chi connectivity index (χ3v) is 1.08. The topological polar surface area (TPSA) is 47.9 Å². The maximum Gasteiger partial charge on any atom is 0.109 e. The fourth-order valence-corrected chi connectivity index (χ4v) is 0.582. The minimum atomic E-state index is 0.0606. The zero-order valence-electron chi connectivity index (χ0n) is 7.49. The number of rotatable bonds is 9. The van der Waals surface area contributed by atoms with Gasteiger partial charge in [0.05, 0.1) is 33.0 Å². The van der Waals surface area contributed by atoms with Crippen molar-refractivity contribution in [1.82, 2.24) is 0 Å². The Morgan fingerprint density at radius 2 is 1.92 bits per heavy atom. The lowest BCUT2D eigenvalue weighted by Crippen LogP contribution is -2.08. The molecule has 0 heterocycles. The summed E-state index contributed by atoms with van der Waals surface area (Å²) < 4.78 is 15.0. The molecule has 12 heavy (non-hydrogen) atoms. The van der Waals surface area contributed by atoms with Crippen LogP contribution in [0.5, 0.6) is 0 Å². The first kappa shape index (κ1) is 11.8.